The van der Waals surface area contributed by atoms with E-state index in [0.29, 0.717) is 17.0 Å². The van der Waals surface area contributed by atoms with Crippen LogP contribution in [0, 0.1) is 6.92 Å². The van der Waals surface area contributed by atoms with Crippen molar-refractivity contribution in [2.45, 2.75) is 46.5 Å². The van der Waals surface area contributed by atoms with Crippen LogP contribution < -0.4 is 4.74 Å². The molecule has 1 aromatic carbocycles. The normalized spacial score (nSPS) is 11.0. The monoisotopic (exact) mass is 304 g/mol. The summed E-state index contributed by atoms with van der Waals surface area (Å²) in [7, 11) is 0. The van der Waals surface area contributed by atoms with Crippen molar-refractivity contribution in [1.82, 2.24) is 9.97 Å². The highest BCUT2D eigenvalue weighted by atomic mass is 35.5. The highest BCUT2D eigenvalue weighted by molar-refractivity contribution is 6.30. The zero-order valence-electron chi connectivity index (χ0n) is 13.0. The van der Waals surface area contributed by atoms with Crippen LogP contribution in [0.25, 0.3) is 0 Å². The first-order valence-electron chi connectivity index (χ1n) is 7.32. The first-order chi connectivity index (χ1) is 10.0. The van der Waals surface area contributed by atoms with Crippen LogP contribution >= 0.6 is 11.6 Å². The predicted molar refractivity (Wildman–Crippen MR) is 86.4 cm³/mol. The van der Waals surface area contributed by atoms with Gasteiger partial charge in [-0.2, -0.15) is 4.98 Å². The maximum atomic E-state index is 6.19. The molecule has 0 unspecified atom stereocenters. The van der Waals surface area contributed by atoms with Crippen LogP contribution in [0.1, 0.15) is 50.1 Å². The van der Waals surface area contributed by atoms with Gasteiger partial charge in [-0.05, 0) is 30.9 Å². The molecule has 0 aliphatic carbocycles. The molecular weight excluding hydrogens is 284 g/mol. The highest BCUT2D eigenvalue weighted by Crippen LogP contribution is 2.32. The number of ether oxygens (including phenoxy) is 1. The summed E-state index contributed by atoms with van der Waals surface area (Å²) in [6.07, 6.45) is 1.77. The number of aryl methyl sites for hydroxylation is 1. The van der Waals surface area contributed by atoms with Gasteiger partial charge in [0.25, 0.3) is 0 Å². The van der Waals surface area contributed by atoms with Crippen molar-refractivity contribution in [2.75, 3.05) is 0 Å². The van der Waals surface area contributed by atoms with Crippen LogP contribution in [0.4, 0.5) is 0 Å². The maximum Gasteiger partial charge on any atom is 0.227 e. The van der Waals surface area contributed by atoms with Gasteiger partial charge in [-0.1, -0.05) is 50.6 Å². The predicted octanol–water partition coefficient (Wildman–Crippen LogP) is 5.31. The lowest BCUT2D eigenvalue weighted by atomic mass is 10.0. The first-order valence-corrected chi connectivity index (χ1v) is 7.70. The van der Waals surface area contributed by atoms with E-state index >= 15 is 0 Å². The second-order valence-electron chi connectivity index (χ2n) is 5.41. The van der Waals surface area contributed by atoms with Crippen LogP contribution in [0.2, 0.25) is 5.15 Å². The van der Waals surface area contributed by atoms with Gasteiger partial charge in [-0.25, -0.2) is 4.98 Å². The van der Waals surface area contributed by atoms with Gasteiger partial charge in [-0.3, -0.25) is 0 Å². The molecule has 112 valence electrons. The zero-order chi connectivity index (χ0) is 15.4. The van der Waals surface area contributed by atoms with Gasteiger partial charge >= 0.3 is 0 Å². The second kappa shape index (κ2) is 6.90. The standard InChI is InChI=1S/C17H21ClN2O/c1-5-8-15-19-16(18)12(4)17(20-15)21-14-10-7-6-9-13(14)11(2)3/h6-7,9-11H,5,8H2,1-4H3. The van der Waals surface area contributed by atoms with Crippen molar-refractivity contribution in [2.24, 2.45) is 0 Å². The Morgan fingerprint density at radius 1 is 1.19 bits per heavy atom. The smallest absolute Gasteiger partial charge is 0.227 e. The van der Waals surface area contributed by atoms with Gasteiger partial charge in [-0.15, -0.1) is 0 Å². The molecule has 0 saturated heterocycles. The van der Waals surface area contributed by atoms with E-state index in [4.69, 9.17) is 16.3 Å². The molecule has 0 saturated carbocycles. The van der Waals surface area contributed by atoms with E-state index in [0.717, 1.165) is 35.5 Å². The quantitative estimate of drug-likeness (QED) is 0.702. The van der Waals surface area contributed by atoms with Crippen molar-refractivity contribution in [1.29, 1.82) is 0 Å². The Hall–Kier alpha value is -1.61. The fraction of sp³-hybridized carbons (Fsp3) is 0.412. The molecule has 0 amide bonds. The molecule has 4 heteroatoms. The van der Waals surface area contributed by atoms with Crippen molar-refractivity contribution in [3.63, 3.8) is 0 Å². The van der Waals surface area contributed by atoms with Crippen LogP contribution in [0.3, 0.4) is 0 Å². The van der Waals surface area contributed by atoms with Crippen LogP contribution in [0.15, 0.2) is 24.3 Å². The lowest BCUT2D eigenvalue weighted by Gasteiger charge is -2.15. The van der Waals surface area contributed by atoms with E-state index in [2.05, 4.69) is 36.8 Å². The maximum absolute atomic E-state index is 6.19. The summed E-state index contributed by atoms with van der Waals surface area (Å²) in [5.74, 6) is 2.48. The molecule has 2 rings (SSSR count). The van der Waals surface area contributed by atoms with Crippen LogP contribution in [-0.4, -0.2) is 9.97 Å². The molecule has 0 atom stereocenters. The molecule has 21 heavy (non-hydrogen) atoms. The topological polar surface area (TPSA) is 35.0 Å². The zero-order valence-corrected chi connectivity index (χ0v) is 13.7. The van der Waals surface area contributed by atoms with Gasteiger partial charge in [0, 0.05) is 12.0 Å². The van der Waals surface area contributed by atoms with E-state index in [1.54, 1.807) is 0 Å². The van der Waals surface area contributed by atoms with E-state index in [9.17, 15) is 0 Å². The summed E-state index contributed by atoms with van der Waals surface area (Å²) in [5.41, 5.74) is 1.93. The molecule has 1 aromatic heterocycles. The second-order valence-corrected chi connectivity index (χ2v) is 5.76. The number of hydrogen-bond acceptors (Lipinski definition) is 3. The number of para-hydroxylation sites is 1. The molecular formula is C17H21ClN2O. The van der Waals surface area contributed by atoms with E-state index < -0.39 is 0 Å². The van der Waals surface area contributed by atoms with Gasteiger partial charge in [0.2, 0.25) is 5.88 Å². The summed E-state index contributed by atoms with van der Waals surface area (Å²) in [5, 5.41) is 0.463. The van der Waals surface area contributed by atoms with Crippen molar-refractivity contribution < 1.29 is 4.74 Å². The SMILES string of the molecule is CCCc1nc(Cl)c(C)c(Oc2ccccc2C(C)C)n1. The van der Waals surface area contributed by atoms with Gasteiger partial charge < -0.3 is 4.74 Å². The number of benzene rings is 1. The fourth-order valence-electron chi connectivity index (χ4n) is 2.10. The average molecular weight is 305 g/mol. The third-order valence-corrected chi connectivity index (χ3v) is 3.68. The van der Waals surface area contributed by atoms with E-state index in [1.165, 1.54) is 0 Å². The Kier molecular flexibility index (Phi) is 5.18. The molecule has 0 spiro atoms. The van der Waals surface area contributed by atoms with Crippen LogP contribution in [0.5, 0.6) is 11.6 Å². The largest absolute Gasteiger partial charge is 0.438 e. The Bertz CT molecular complexity index is 626. The minimum Gasteiger partial charge on any atom is -0.438 e. The molecule has 0 radical (unpaired) electrons. The van der Waals surface area contributed by atoms with Gasteiger partial charge in [0.05, 0.1) is 0 Å². The Labute approximate surface area is 131 Å². The Morgan fingerprint density at radius 3 is 2.57 bits per heavy atom. The summed E-state index contributed by atoms with van der Waals surface area (Å²) in [6, 6.07) is 8.02. The molecule has 0 bridgehead atoms. The van der Waals surface area contributed by atoms with E-state index in [-0.39, 0.29) is 0 Å². The third-order valence-electron chi connectivity index (χ3n) is 3.31. The van der Waals surface area contributed by atoms with Crippen molar-refractivity contribution in [3.05, 3.63) is 46.4 Å². The molecule has 0 aliphatic rings. The summed E-state index contributed by atoms with van der Waals surface area (Å²) in [6.45, 7) is 8.26. The number of hydrogen-bond donors (Lipinski definition) is 0. The van der Waals surface area contributed by atoms with E-state index in [1.807, 2.05) is 25.1 Å². The number of aromatic nitrogens is 2. The lowest BCUT2D eigenvalue weighted by molar-refractivity contribution is 0.446. The Morgan fingerprint density at radius 2 is 1.90 bits per heavy atom. The molecule has 0 N–H and O–H groups in total. The molecule has 0 aliphatic heterocycles. The number of nitrogens with zero attached hydrogens (tertiary/aromatic N) is 2. The van der Waals surface area contributed by atoms with Crippen molar-refractivity contribution in [3.8, 4) is 11.6 Å². The summed E-state index contributed by atoms with van der Waals surface area (Å²) >= 11 is 6.19. The number of halogens is 1. The average Bonchev–Trinajstić information content (AvgIpc) is 2.45. The Balaban J connectivity index is 2.39. The first kappa shape index (κ1) is 15.8. The van der Waals surface area contributed by atoms with Gasteiger partial charge in [0.1, 0.15) is 16.7 Å². The van der Waals surface area contributed by atoms with Crippen molar-refractivity contribution >= 4 is 11.6 Å². The summed E-state index contributed by atoms with van der Waals surface area (Å²) in [4.78, 5) is 8.80. The highest BCUT2D eigenvalue weighted by Gasteiger charge is 2.14. The lowest BCUT2D eigenvalue weighted by Crippen LogP contribution is -2.02. The van der Waals surface area contributed by atoms with Crippen LogP contribution in [-0.2, 0) is 6.42 Å². The summed E-state index contributed by atoms with van der Waals surface area (Å²) < 4.78 is 6.03. The molecule has 0 fully saturated rings. The number of rotatable bonds is 5. The molecule has 1 heterocycles. The molecule has 2 aromatic rings. The third kappa shape index (κ3) is 3.73. The fourth-order valence-corrected chi connectivity index (χ4v) is 2.28. The van der Waals surface area contributed by atoms with Gasteiger partial charge in [0.15, 0.2) is 0 Å². The minimum atomic E-state index is 0.383. The minimum absolute atomic E-state index is 0.383. The molecule has 3 nitrogen and oxygen atoms in total.